The lowest BCUT2D eigenvalue weighted by atomic mass is 10.00. The van der Waals surface area contributed by atoms with Crippen LogP contribution in [0.4, 0.5) is 0 Å². The molecule has 1 atom stereocenters. The molecule has 1 nitrogen and oxygen atoms in total. The van der Waals surface area contributed by atoms with Crippen molar-refractivity contribution in [3.8, 4) is 0 Å². The molecule has 1 heteroatoms. The van der Waals surface area contributed by atoms with Crippen LogP contribution in [0.3, 0.4) is 0 Å². The maximum Gasteiger partial charge on any atom is 0.0998 e. The fraction of sp³-hybridized carbons (Fsp3) is 0.333. The summed E-state index contributed by atoms with van der Waals surface area (Å²) >= 11 is 0. The van der Waals surface area contributed by atoms with E-state index in [1.54, 1.807) is 6.26 Å². The van der Waals surface area contributed by atoms with E-state index in [1.165, 1.54) is 5.56 Å². The first-order chi connectivity index (χ1) is 7.53. The van der Waals surface area contributed by atoms with Gasteiger partial charge in [0, 0.05) is 5.92 Å². The SMILES string of the molecule is C=CC(C=COC(C)(C)C)c1ccccc1. The molecule has 16 heavy (non-hydrogen) atoms. The molecular weight excluding hydrogens is 196 g/mol. The molecule has 0 aliphatic carbocycles. The highest BCUT2D eigenvalue weighted by Crippen LogP contribution is 2.18. The summed E-state index contributed by atoms with van der Waals surface area (Å²) in [6.07, 6.45) is 5.70. The standard InChI is InChI=1S/C15H20O/c1-5-13(11-12-16-15(2,3)4)14-9-7-6-8-10-14/h5-13H,1H2,2-4H3. The molecule has 0 saturated heterocycles. The zero-order chi connectivity index (χ0) is 12.0. The third kappa shape index (κ3) is 4.35. The summed E-state index contributed by atoms with van der Waals surface area (Å²) in [4.78, 5) is 0. The van der Waals surface area contributed by atoms with Gasteiger partial charge in [-0.05, 0) is 32.4 Å². The van der Waals surface area contributed by atoms with Crippen LogP contribution in [0.2, 0.25) is 0 Å². The first-order valence-corrected chi connectivity index (χ1v) is 5.55. The van der Waals surface area contributed by atoms with Gasteiger partial charge in [-0.2, -0.15) is 0 Å². The highest BCUT2D eigenvalue weighted by Gasteiger charge is 2.08. The molecule has 0 radical (unpaired) electrons. The number of benzene rings is 1. The monoisotopic (exact) mass is 216 g/mol. The molecule has 1 rings (SSSR count). The molecular formula is C15H20O. The third-order valence-electron chi connectivity index (χ3n) is 2.15. The van der Waals surface area contributed by atoms with Crippen LogP contribution in [-0.2, 0) is 4.74 Å². The minimum atomic E-state index is -0.140. The normalized spacial score (nSPS) is 13.7. The van der Waals surface area contributed by atoms with Crippen molar-refractivity contribution in [3.63, 3.8) is 0 Å². The van der Waals surface area contributed by atoms with E-state index >= 15 is 0 Å². The lowest BCUT2D eigenvalue weighted by Gasteiger charge is -2.18. The summed E-state index contributed by atoms with van der Waals surface area (Å²) in [7, 11) is 0. The van der Waals surface area contributed by atoms with E-state index in [0.717, 1.165) is 0 Å². The maximum atomic E-state index is 5.55. The number of hydrogen-bond acceptors (Lipinski definition) is 1. The Labute approximate surface area is 98.5 Å². The molecule has 0 aromatic heterocycles. The predicted octanol–water partition coefficient (Wildman–Crippen LogP) is 4.29. The molecule has 0 amide bonds. The molecule has 1 unspecified atom stereocenters. The molecule has 86 valence electrons. The second kappa shape index (κ2) is 5.55. The smallest absolute Gasteiger partial charge is 0.0998 e. The summed E-state index contributed by atoms with van der Waals surface area (Å²) < 4.78 is 5.55. The Bertz CT molecular complexity index is 343. The van der Waals surface area contributed by atoms with Gasteiger partial charge in [0.05, 0.1) is 11.9 Å². The first-order valence-electron chi connectivity index (χ1n) is 5.55. The van der Waals surface area contributed by atoms with Gasteiger partial charge in [-0.25, -0.2) is 0 Å². The first kappa shape index (κ1) is 12.6. The molecule has 1 aromatic rings. The van der Waals surface area contributed by atoms with E-state index in [0.29, 0.717) is 0 Å². The van der Waals surface area contributed by atoms with Gasteiger partial charge >= 0.3 is 0 Å². The van der Waals surface area contributed by atoms with Crippen LogP contribution in [0.1, 0.15) is 32.3 Å². The molecule has 0 N–H and O–H groups in total. The van der Waals surface area contributed by atoms with Crippen LogP contribution in [0.15, 0.2) is 55.3 Å². The Morgan fingerprint density at radius 3 is 2.31 bits per heavy atom. The number of allylic oxidation sites excluding steroid dienone is 2. The van der Waals surface area contributed by atoms with E-state index in [9.17, 15) is 0 Å². The van der Waals surface area contributed by atoms with Crippen molar-refractivity contribution in [1.82, 2.24) is 0 Å². The van der Waals surface area contributed by atoms with E-state index in [1.807, 2.05) is 51.1 Å². The second-order valence-electron chi connectivity index (χ2n) is 4.73. The Morgan fingerprint density at radius 1 is 1.19 bits per heavy atom. The fourth-order valence-corrected chi connectivity index (χ4v) is 1.33. The van der Waals surface area contributed by atoms with Crippen LogP contribution >= 0.6 is 0 Å². The summed E-state index contributed by atoms with van der Waals surface area (Å²) in [5.74, 6) is 0.212. The molecule has 0 spiro atoms. The number of ether oxygens (including phenoxy) is 1. The average Bonchev–Trinajstić information content (AvgIpc) is 2.24. The summed E-state index contributed by atoms with van der Waals surface area (Å²) in [6, 6.07) is 10.3. The largest absolute Gasteiger partial charge is 0.496 e. The van der Waals surface area contributed by atoms with E-state index in [-0.39, 0.29) is 11.5 Å². The van der Waals surface area contributed by atoms with Gasteiger partial charge in [0.1, 0.15) is 0 Å². The molecule has 1 aromatic carbocycles. The zero-order valence-corrected chi connectivity index (χ0v) is 10.3. The molecule has 0 aliphatic rings. The van der Waals surface area contributed by atoms with Crippen molar-refractivity contribution in [1.29, 1.82) is 0 Å². The molecule has 0 aliphatic heterocycles. The fourth-order valence-electron chi connectivity index (χ4n) is 1.33. The quantitative estimate of drug-likeness (QED) is 0.539. The minimum Gasteiger partial charge on any atom is -0.496 e. The van der Waals surface area contributed by atoms with Crippen molar-refractivity contribution < 1.29 is 4.74 Å². The van der Waals surface area contributed by atoms with Gasteiger partial charge in [-0.15, -0.1) is 6.58 Å². The van der Waals surface area contributed by atoms with Crippen molar-refractivity contribution in [2.45, 2.75) is 32.3 Å². The highest BCUT2D eigenvalue weighted by atomic mass is 16.5. The van der Waals surface area contributed by atoms with Crippen LogP contribution in [-0.4, -0.2) is 5.60 Å². The summed E-state index contributed by atoms with van der Waals surface area (Å²) in [5, 5.41) is 0. The number of rotatable bonds is 4. The van der Waals surface area contributed by atoms with E-state index in [4.69, 9.17) is 4.74 Å². The molecule has 0 bridgehead atoms. The maximum absolute atomic E-state index is 5.55. The lowest BCUT2D eigenvalue weighted by molar-refractivity contribution is 0.0761. The Hall–Kier alpha value is -1.50. The van der Waals surface area contributed by atoms with Crippen LogP contribution in [0, 0.1) is 0 Å². The number of hydrogen-bond donors (Lipinski definition) is 0. The average molecular weight is 216 g/mol. The summed E-state index contributed by atoms with van der Waals surface area (Å²) in [5.41, 5.74) is 1.09. The lowest BCUT2D eigenvalue weighted by Crippen LogP contribution is -2.15. The van der Waals surface area contributed by atoms with Crippen molar-refractivity contribution in [2.75, 3.05) is 0 Å². The van der Waals surface area contributed by atoms with E-state index in [2.05, 4.69) is 18.7 Å². The molecule has 0 heterocycles. The minimum absolute atomic E-state index is 0.140. The Morgan fingerprint density at radius 2 is 1.81 bits per heavy atom. The predicted molar refractivity (Wildman–Crippen MR) is 69.4 cm³/mol. The third-order valence-corrected chi connectivity index (χ3v) is 2.15. The van der Waals surface area contributed by atoms with Crippen molar-refractivity contribution in [3.05, 3.63) is 60.9 Å². The van der Waals surface area contributed by atoms with Gasteiger partial charge in [0.15, 0.2) is 0 Å². The van der Waals surface area contributed by atoms with Crippen molar-refractivity contribution in [2.24, 2.45) is 0 Å². The Kier molecular flexibility index (Phi) is 4.36. The topological polar surface area (TPSA) is 9.23 Å². The van der Waals surface area contributed by atoms with Crippen LogP contribution in [0.25, 0.3) is 0 Å². The van der Waals surface area contributed by atoms with Gasteiger partial charge in [0.2, 0.25) is 0 Å². The molecule has 0 saturated carbocycles. The van der Waals surface area contributed by atoms with Crippen LogP contribution in [0.5, 0.6) is 0 Å². The van der Waals surface area contributed by atoms with Gasteiger partial charge in [-0.1, -0.05) is 36.4 Å². The zero-order valence-electron chi connectivity index (χ0n) is 10.3. The van der Waals surface area contributed by atoms with E-state index < -0.39 is 0 Å². The highest BCUT2D eigenvalue weighted by molar-refractivity contribution is 5.27. The van der Waals surface area contributed by atoms with Gasteiger partial charge < -0.3 is 4.74 Å². The summed E-state index contributed by atoms with van der Waals surface area (Å²) in [6.45, 7) is 9.94. The second-order valence-corrected chi connectivity index (χ2v) is 4.73. The van der Waals surface area contributed by atoms with Gasteiger partial charge in [-0.3, -0.25) is 0 Å². The van der Waals surface area contributed by atoms with Gasteiger partial charge in [0.25, 0.3) is 0 Å². The van der Waals surface area contributed by atoms with Crippen molar-refractivity contribution >= 4 is 0 Å². The molecule has 0 fully saturated rings. The Balaban J connectivity index is 2.67. The van der Waals surface area contributed by atoms with Crippen LogP contribution < -0.4 is 0 Å².